The number of nitriles is 1. The van der Waals surface area contributed by atoms with Gasteiger partial charge in [0, 0.05) is 17.6 Å². The molecule has 1 atom stereocenters. The van der Waals surface area contributed by atoms with Crippen molar-refractivity contribution in [3.63, 3.8) is 0 Å². The van der Waals surface area contributed by atoms with E-state index in [1.807, 2.05) is 6.07 Å². The molecule has 2 rings (SSSR count). The molecule has 1 aliphatic heterocycles. The van der Waals surface area contributed by atoms with E-state index in [1.165, 1.54) is 25.2 Å². The SMILES string of the molecule is CN(C1CCS(=O)(=O)C1)S(=O)(=O)c1cc(Br)cc(C#N)c1. The molecule has 1 aromatic rings. The Hall–Kier alpha value is -0.950. The Balaban J connectivity index is 2.39. The third kappa shape index (κ3) is 3.45. The van der Waals surface area contributed by atoms with Crippen molar-refractivity contribution in [2.24, 2.45) is 0 Å². The van der Waals surface area contributed by atoms with Crippen molar-refractivity contribution < 1.29 is 16.8 Å². The second-order valence-corrected chi connectivity index (χ2v) is 10.0. The summed E-state index contributed by atoms with van der Waals surface area (Å²) in [5, 5.41) is 8.91. The molecule has 0 spiro atoms. The third-order valence-corrected chi connectivity index (χ3v) is 7.50. The second kappa shape index (κ2) is 5.68. The van der Waals surface area contributed by atoms with Crippen LogP contribution in [0.25, 0.3) is 0 Å². The number of sulfonamides is 1. The summed E-state index contributed by atoms with van der Waals surface area (Å²) in [5.41, 5.74) is 0.218. The molecule has 0 radical (unpaired) electrons. The normalized spacial score (nSPS) is 21.3. The van der Waals surface area contributed by atoms with E-state index >= 15 is 0 Å². The monoisotopic (exact) mass is 392 g/mol. The molecule has 1 aliphatic rings. The van der Waals surface area contributed by atoms with Gasteiger partial charge in [0.05, 0.1) is 28.0 Å². The maximum absolute atomic E-state index is 12.6. The summed E-state index contributed by atoms with van der Waals surface area (Å²) in [6.07, 6.45) is 0.289. The summed E-state index contributed by atoms with van der Waals surface area (Å²) in [5.74, 6) is -0.165. The van der Waals surface area contributed by atoms with Gasteiger partial charge in [-0.25, -0.2) is 16.8 Å². The molecular formula is C12H13BrN2O4S2. The molecule has 0 saturated carbocycles. The number of sulfone groups is 1. The third-order valence-electron chi connectivity index (χ3n) is 3.40. The van der Waals surface area contributed by atoms with Crippen LogP contribution in [-0.4, -0.2) is 45.7 Å². The molecule has 9 heteroatoms. The number of halogens is 1. The predicted octanol–water partition coefficient (Wildman–Crippen LogP) is 1.13. The van der Waals surface area contributed by atoms with Crippen LogP contribution in [0, 0.1) is 11.3 Å². The molecule has 1 aromatic carbocycles. The Labute approximate surface area is 132 Å². The van der Waals surface area contributed by atoms with E-state index in [0.29, 0.717) is 4.47 Å². The first-order valence-electron chi connectivity index (χ1n) is 6.05. The first-order chi connectivity index (χ1) is 9.65. The minimum Gasteiger partial charge on any atom is -0.229 e. The lowest BCUT2D eigenvalue weighted by atomic mass is 10.2. The Morgan fingerprint density at radius 2 is 2.05 bits per heavy atom. The smallest absolute Gasteiger partial charge is 0.229 e. The van der Waals surface area contributed by atoms with Crippen molar-refractivity contribution in [1.29, 1.82) is 5.26 Å². The van der Waals surface area contributed by atoms with Gasteiger partial charge in [0.1, 0.15) is 0 Å². The lowest BCUT2D eigenvalue weighted by molar-refractivity contribution is 0.394. The summed E-state index contributed by atoms with van der Waals surface area (Å²) >= 11 is 3.17. The van der Waals surface area contributed by atoms with Gasteiger partial charge in [-0.3, -0.25) is 0 Å². The molecule has 0 aliphatic carbocycles. The molecule has 1 saturated heterocycles. The molecular weight excluding hydrogens is 380 g/mol. The van der Waals surface area contributed by atoms with E-state index in [-0.39, 0.29) is 28.4 Å². The standard InChI is InChI=1S/C12H13BrN2O4S2/c1-15(11-2-3-20(16,17)8-11)21(18,19)12-5-9(7-14)4-10(13)6-12/h4-6,11H,2-3,8H2,1H3. The highest BCUT2D eigenvalue weighted by Gasteiger charge is 2.36. The quantitative estimate of drug-likeness (QED) is 0.767. The van der Waals surface area contributed by atoms with E-state index in [9.17, 15) is 16.8 Å². The van der Waals surface area contributed by atoms with Crippen LogP contribution in [0.15, 0.2) is 27.6 Å². The minimum absolute atomic E-state index is 0.000539. The van der Waals surface area contributed by atoms with E-state index < -0.39 is 25.9 Å². The fourth-order valence-electron chi connectivity index (χ4n) is 2.20. The van der Waals surface area contributed by atoms with Crippen molar-refractivity contribution in [1.82, 2.24) is 4.31 Å². The lowest BCUT2D eigenvalue weighted by Crippen LogP contribution is -2.37. The molecule has 0 bridgehead atoms. The maximum Gasteiger partial charge on any atom is 0.243 e. The molecule has 0 N–H and O–H groups in total. The summed E-state index contributed by atoms with van der Waals surface area (Å²) in [6, 6.07) is 5.52. The zero-order valence-corrected chi connectivity index (χ0v) is 14.4. The fraction of sp³-hybridized carbons (Fsp3) is 0.417. The van der Waals surface area contributed by atoms with Crippen molar-refractivity contribution >= 4 is 35.8 Å². The van der Waals surface area contributed by atoms with Gasteiger partial charge in [0.2, 0.25) is 10.0 Å². The first kappa shape index (κ1) is 16.4. The van der Waals surface area contributed by atoms with E-state index in [4.69, 9.17) is 5.26 Å². The molecule has 1 heterocycles. The van der Waals surface area contributed by atoms with Crippen LogP contribution >= 0.6 is 15.9 Å². The molecule has 21 heavy (non-hydrogen) atoms. The Morgan fingerprint density at radius 3 is 2.57 bits per heavy atom. The van der Waals surface area contributed by atoms with Crippen LogP contribution in [0.3, 0.4) is 0 Å². The van der Waals surface area contributed by atoms with Crippen LogP contribution < -0.4 is 0 Å². The number of nitrogens with zero attached hydrogens (tertiary/aromatic N) is 2. The van der Waals surface area contributed by atoms with Crippen molar-refractivity contribution in [3.05, 3.63) is 28.2 Å². The largest absolute Gasteiger partial charge is 0.243 e. The summed E-state index contributed by atoms with van der Waals surface area (Å²) in [6.45, 7) is 0. The number of hydrogen-bond acceptors (Lipinski definition) is 5. The highest BCUT2D eigenvalue weighted by Crippen LogP contribution is 2.26. The molecule has 1 unspecified atom stereocenters. The van der Waals surface area contributed by atoms with Crippen LogP contribution in [0.5, 0.6) is 0 Å². The average molecular weight is 393 g/mol. The predicted molar refractivity (Wildman–Crippen MR) is 80.9 cm³/mol. The molecule has 114 valence electrons. The van der Waals surface area contributed by atoms with Gasteiger partial charge in [-0.1, -0.05) is 15.9 Å². The number of rotatable bonds is 3. The topological polar surface area (TPSA) is 95.3 Å². The Kier molecular flexibility index (Phi) is 4.44. The lowest BCUT2D eigenvalue weighted by Gasteiger charge is -2.23. The second-order valence-electron chi connectivity index (χ2n) is 4.87. The zero-order chi connectivity index (χ0) is 15.8. The van der Waals surface area contributed by atoms with Gasteiger partial charge in [-0.2, -0.15) is 9.57 Å². The van der Waals surface area contributed by atoms with Gasteiger partial charge in [-0.05, 0) is 24.6 Å². The van der Waals surface area contributed by atoms with Crippen molar-refractivity contribution in [2.45, 2.75) is 17.4 Å². The van der Waals surface area contributed by atoms with Crippen molar-refractivity contribution in [2.75, 3.05) is 18.6 Å². The Morgan fingerprint density at radius 1 is 1.38 bits per heavy atom. The van der Waals surface area contributed by atoms with Gasteiger partial charge in [0.25, 0.3) is 0 Å². The molecule has 6 nitrogen and oxygen atoms in total. The molecule has 0 aromatic heterocycles. The fourth-order valence-corrected chi connectivity index (χ4v) is 6.17. The number of hydrogen-bond donors (Lipinski definition) is 0. The Bertz CT molecular complexity index is 812. The summed E-state index contributed by atoms with van der Waals surface area (Å²) < 4.78 is 49.6. The van der Waals surface area contributed by atoms with Crippen LogP contribution in [-0.2, 0) is 19.9 Å². The zero-order valence-electron chi connectivity index (χ0n) is 11.2. The highest BCUT2D eigenvalue weighted by atomic mass is 79.9. The highest BCUT2D eigenvalue weighted by molar-refractivity contribution is 9.10. The van der Waals surface area contributed by atoms with Crippen molar-refractivity contribution in [3.8, 4) is 6.07 Å². The van der Waals surface area contributed by atoms with Gasteiger partial charge >= 0.3 is 0 Å². The van der Waals surface area contributed by atoms with E-state index in [0.717, 1.165) is 4.31 Å². The van der Waals surface area contributed by atoms with Gasteiger partial charge in [0.15, 0.2) is 9.84 Å². The van der Waals surface area contributed by atoms with Crippen LogP contribution in [0.4, 0.5) is 0 Å². The summed E-state index contributed by atoms with van der Waals surface area (Å²) in [7, 11) is -5.64. The van der Waals surface area contributed by atoms with Gasteiger partial charge < -0.3 is 0 Å². The number of benzene rings is 1. The maximum atomic E-state index is 12.6. The van der Waals surface area contributed by atoms with E-state index in [2.05, 4.69) is 15.9 Å². The van der Waals surface area contributed by atoms with E-state index in [1.54, 1.807) is 0 Å². The summed E-state index contributed by atoms with van der Waals surface area (Å²) in [4.78, 5) is -0.0276. The molecule has 0 amide bonds. The van der Waals surface area contributed by atoms with Gasteiger partial charge in [-0.15, -0.1) is 0 Å². The van der Waals surface area contributed by atoms with Crippen LogP contribution in [0.2, 0.25) is 0 Å². The van der Waals surface area contributed by atoms with Crippen LogP contribution in [0.1, 0.15) is 12.0 Å². The average Bonchev–Trinajstić information content (AvgIpc) is 2.77. The first-order valence-corrected chi connectivity index (χ1v) is 10.1. The molecule has 1 fully saturated rings. The minimum atomic E-state index is -3.84.